The third-order valence-electron chi connectivity index (χ3n) is 1.80. The summed E-state index contributed by atoms with van der Waals surface area (Å²) in [6.45, 7) is 0.406. The molecule has 0 aromatic heterocycles. The summed E-state index contributed by atoms with van der Waals surface area (Å²) in [7, 11) is 1.45. The van der Waals surface area contributed by atoms with E-state index in [0.29, 0.717) is 5.75 Å². The summed E-state index contributed by atoms with van der Waals surface area (Å²) in [6.07, 6.45) is 0. The highest BCUT2D eigenvalue weighted by atomic mass is 32.2. The Bertz CT molecular complexity index is 368. The SMILES string of the molecule is [1H][13C]([2H])(C)[S+]([O-])c1ccc(OC)cc1CF. The van der Waals surface area contributed by atoms with E-state index in [0.717, 1.165) is 0 Å². The Labute approximate surface area is 89.1 Å². The lowest BCUT2D eigenvalue weighted by atomic mass is 10.2. The molecule has 0 aliphatic carbocycles. The van der Waals surface area contributed by atoms with Crippen LogP contribution in [0, 0.1) is 0 Å². The van der Waals surface area contributed by atoms with Crippen molar-refractivity contribution in [2.45, 2.75) is 18.5 Å². The van der Waals surface area contributed by atoms with Crippen molar-refractivity contribution in [1.82, 2.24) is 0 Å². The van der Waals surface area contributed by atoms with Crippen LogP contribution < -0.4 is 4.74 Å². The molecule has 2 atom stereocenters. The first-order chi connectivity index (χ1) is 7.40. The second kappa shape index (κ2) is 5.22. The topological polar surface area (TPSA) is 32.3 Å². The molecule has 4 heteroatoms. The lowest BCUT2D eigenvalue weighted by molar-refractivity contribution is 0.410. The van der Waals surface area contributed by atoms with E-state index in [4.69, 9.17) is 7.48 Å². The fourth-order valence-electron chi connectivity index (χ4n) is 1.08. The van der Waals surface area contributed by atoms with Crippen LogP contribution in [0.4, 0.5) is 4.39 Å². The molecule has 0 bridgehead atoms. The minimum absolute atomic E-state index is 0.177. The molecule has 0 amide bonds. The van der Waals surface area contributed by atoms with Gasteiger partial charge in [0.05, 0.1) is 9.85 Å². The lowest BCUT2D eigenvalue weighted by Gasteiger charge is -2.11. The summed E-state index contributed by atoms with van der Waals surface area (Å²) < 4.78 is 44.1. The Balaban J connectivity index is 3.14. The number of hydrogen-bond acceptors (Lipinski definition) is 2. The predicted octanol–water partition coefficient (Wildman–Crippen LogP) is 2.29. The summed E-state index contributed by atoms with van der Waals surface area (Å²) >= 11 is -1.88. The van der Waals surface area contributed by atoms with Gasteiger partial charge in [0.15, 0.2) is 4.90 Å². The van der Waals surface area contributed by atoms with Gasteiger partial charge in [-0.3, -0.25) is 0 Å². The number of ether oxygens (including phenoxy) is 1. The van der Waals surface area contributed by atoms with Gasteiger partial charge in [0.2, 0.25) is 0 Å². The molecular weight excluding hydrogens is 204 g/mol. The molecule has 0 aliphatic heterocycles. The van der Waals surface area contributed by atoms with Crippen molar-refractivity contribution in [3.63, 3.8) is 0 Å². The number of halogens is 1. The van der Waals surface area contributed by atoms with Gasteiger partial charge in [-0.15, -0.1) is 0 Å². The predicted molar refractivity (Wildman–Crippen MR) is 54.8 cm³/mol. The summed E-state index contributed by atoms with van der Waals surface area (Å²) in [5, 5.41) is 0. The Morgan fingerprint density at radius 3 is 3.00 bits per heavy atom. The zero-order valence-electron chi connectivity index (χ0n) is 10.0. The van der Waals surface area contributed by atoms with Crippen molar-refractivity contribution in [2.75, 3.05) is 12.8 Å². The first-order valence-electron chi connectivity index (χ1n) is 5.05. The second-order valence-electron chi connectivity index (χ2n) is 2.58. The van der Waals surface area contributed by atoms with Gasteiger partial charge in [0.1, 0.15) is 18.1 Å². The van der Waals surface area contributed by atoms with Crippen LogP contribution in [0.2, 0.25) is 0 Å². The summed E-state index contributed by atoms with van der Waals surface area (Å²) in [5.41, 5.74) is -1.69. The van der Waals surface area contributed by atoms with Crippen LogP contribution >= 0.6 is 0 Å². The van der Waals surface area contributed by atoms with Crippen molar-refractivity contribution in [3.05, 3.63) is 23.8 Å². The summed E-state index contributed by atoms with van der Waals surface area (Å²) in [4.78, 5) is 0.177. The summed E-state index contributed by atoms with van der Waals surface area (Å²) in [6, 6.07) is 4.41. The van der Waals surface area contributed by atoms with E-state index in [2.05, 4.69) is 0 Å². The number of hydrogen-bond donors (Lipinski definition) is 0. The fourth-order valence-corrected chi connectivity index (χ4v) is 1.84. The van der Waals surface area contributed by atoms with Gasteiger partial charge < -0.3 is 9.29 Å². The molecule has 1 aromatic carbocycles. The first-order valence-corrected chi connectivity index (χ1v) is 5.20. The van der Waals surface area contributed by atoms with Gasteiger partial charge in [-0.2, -0.15) is 0 Å². The van der Waals surface area contributed by atoms with E-state index in [9.17, 15) is 8.94 Å². The highest BCUT2D eigenvalue weighted by molar-refractivity contribution is 7.91. The molecule has 1 aromatic rings. The molecule has 0 radical (unpaired) electrons. The van der Waals surface area contributed by atoms with Crippen LogP contribution in [0.1, 0.15) is 15.2 Å². The lowest BCUT2D eigenvalue weighted by Crippen LogP contribution is -2.06. The molecule has 2 unspecified atom stereocenters. The number of methoxy groups -OCH3 is 1. The summed E-state index contributed by atoms with van der Waals surface area (Å²) in [5.74, 6) is 0.463. The van der Waals surface area contributed by atoms with Crippen LogP contribution in [0.15, 0.2) is 23.1 Å². The molecule has 0 saturated carbocycles. The van der Waals surface area contributed by atoms with E-state index in [1.165, 1.54) is 32.2 Å². The molecule has 14 heavy (non-hydrogen) atoms. The first kappa shape index (κ1) is 8.56. The van der Waals surface area contributed by atoms with Crippen LogP contribution in [-0.4, -0.2) is 17.4 Å². The van der Waals surface area contributed by atoms with Gasteiger partial charge in [0.25, 0.3) is 0 Å². The smallest absolute Gasteiger partial charge is 0.158 e. The molecule has 0 fully saturated rings. The fraction of sp³-hybridized carbons (Fsp3) is 0.400. The molecule has 0 aliphatic rings. The van der Waals surface area contributed by atoms with Gasteiger partial charge in [-0.25, -0.2) is 4.39 Å². The number of rotatable bonds is 4. The zero-order valence-corrected chi connectivity index (χ0v) is 8.86. The minimum Gasteiger partial charge on any atom is -0.611 e. The Morgan fingerprint density at radius 1 is 1.79 bits per heavy atom. The molecule has 0 spiro atoms. The Kier molecular flexibility index (Phi) is 3.19. The maximum atomic E-state index is 12.7. The monoisotopic (exact) mass is 218 g/mol. The maximum absolute atomic E-state index is 12.7. The van der Waals surface area contributed by atoms with Crippen LogP contribution in [-0.2, 0) is 17.9 Å². The van der Waals surface area contributed by atoms with E-state index < -0.39 is 23.6 Å². The highest BCUT2D eigenvalue weighted by Crippen LogP contribution is 2.23. The minimum atomic E-state index is -1.89. The van der Waals surface area contributed by atoms with Crippen LogP contribution in [0.3, 0.4) is 0 Å². The molecule has 1 rings (SSSR count). The van der Waals surface area contributed by atoms with E-state index in [1.807, 2.05) is 0 Å². The quantitative estimate of drug-likeness (QED) is 0.573. The van der Waals surface area contributed by atoms with Crippen LogP contribution in [0.25, 0.3) is 0 Å². The second-order valence-corrected chi connectivity index (χ2v) is 3.97. The maximum Gasteiger partial charge on any atom is 0.158 e. The van der Waals surface area contributed by atoms with E-state index in [1.54, 1.807) is 0 Å². The van der Waals surface area contributed by atoms with Crippen molar-refractivity contribution >= 4 is 11.2 Å². The molecule has 0 heterocycles. The van der Waals surface area contributed by atoms with Crippen molar-refractivity contribution in [3.8, 4) is 5.75 Å². The molecular formula is C10H13FO2S. The Hall–Kier alpha value is -0.740. The van der Waals surface area contributed by atoms with Gasteiger partial charge in [0, 0.05) is 5.56 Å². The zero-order chi connectivity index (χ0) is 12.3. The molecule has 0 saturated heterocycles. The third kappa shape index (κ3) is 2.39. The molecule has 2 nitrogen and oxygen atoms in total. The molecule has 0 N–H and O–H groups in total. The largest absolute Gasteiger partial charge is 0.611 e. The van der Waals surface area contributed by atoms with Crippen molar-refractivity contribution in [1.29, 1.82) is 0 Å². The number of benzene rings is 1. The van der Waals surface area contributed by atoms with E-state index >= 15 is 0 Å². The standard InChI is InChI=1S/C10H13FO2S/c1-3-14(12)10-5-4-9(13-2)6-8(10)7-11/h4-6H,3,7H2,1-2H3/i3+1DH. The van der Waals surface area contributed by atoms with Gasteiger partial charge in [-0.05, 0) is 36.3 Å². The van der Waals surface area contributed by atoms with E-state index in [-0.39, 0.29) is 10.5 Å². The van der Waals surface area contributed by atoms with Crippen molar-refractivity contribution in [2.24, 2.45) is 0 Å². The third-order valence-corrected chi connectivity index (χ3v) is 2.97. The van der Waals surface area contributed by atoms with Gasteiger partial charge in [-0.1, -0.05) is 0 Å². The highest BCUT2D eigenvalue weighted by Gasteiger charge is 2.14. The number of alkyl halides is 1. The van der Waals surface area contributed by atoms with Gasteiger partial charge >= 0.3 is 0 Å². The normalized spacial score (nSPS) is 19.1. The van der Waals surface area contributed by atoms with Crippen LogP contribution in [0.5, 0.6) is 5.75 Å². The van der Waals surface area contributed by atoms with Crippen molar-refractivity contribution < 1.29 is 16.4 Å². The Morgan fingerprint density at radius 2 is 2.50 bits per heavy atom. The molecule has 78 valence electrons. The average molecular weight is 218 g/mol. The average Bonchev–Trinajstić information content (AvgIpc) is 2.26.